The quantitative estimate of drug-likeness (QED) is 0.166. The monoisotopic (exact) mass is 816 g/mol. The second kappa shape index (κ2) is 14.3. The number of nitrogens with zero attached hydrogens (tertiary/aromatic N) is 2. The van der Waals surface area contributed by atoms with Crippen molar-refractivity contribution in [2.75, 3.05) is 4.90 Å². The highest BCUT2D eigenvalue weighted by atomic mass is 16.5. The molecule has 0 atom stereocenters. The van der Waals surface area contributed by atoms with Crippen LogP contribution in [0.5, 0.6) is 11.5 Å². The van der Waals surface area contributed by atoms with E-state index in [1.165, 1.54) is 38.5 Å². The molecule has 0 radical (unpaired) electrons. The molecule has 3 nitrogen and oxygen atoms in total. The van der Waals surface area contributed by atoms with Crippen molar-refractivity contribution < 1.29 is 4.74 Å². The van der Waals surface area contributed by atoms with E-state index in [2.05, 4.69) is 252 Å². The number of ether oxygens (including phenoxy) is 1. The first-order valence-corrected chi connectivity index (χ1v) is 22.0. The Hall–Kier alpha value is -8.40. The van der Waals surface area contributed by atoms with Crippen LogP contribution in [0.25, 0.3) is 60.9 Å². The lowest BCUT2D eigenvalue weighted by Gasteiger charge is -2.40. The molecule has 1 aromatic heterocycles. The number of fused-ring (bicyclic) bond motifs is 12. The van der Waals surface area contributed by atoms with Gasteiger partial charge in [0.2, 0.25) is 0 Å². The van der Waals surface area contributed by atoms with Crippen LogP contribution in [0.15, 0.2) is 243 Å². The van der Waals surface area contributed by atoms with E-state index in [-0.39, 0.29) is 0 Å². The van der Waals surface area contributed by atoms with Crippen molar-refractivity contribution in [3.63, 3.8) is 0 Å². The summed E-state index contributed by atoms with van der Waals surface area (Å²) in [4.78, 5) is 2.42. The topological polar surface area (TPSA) is 17.4 Å². The van der Waals surface area contributed by atoms with Gasteiger partial charge in [0.25, 0.3) is 0 Å². The van der Waals surface area contributed by atoms with Crippen molar-refractivity contribution in [3.8, 4) is 50.6 Å². The standard InChI is InChI=1S/C61H40N2O/c1-5-17-41(18-6-1)43-29-35-54-59(37-43)64-60-38-44(42-19-7-2-8-20-42)30-36-55(60)61(54)53-27-15-13-25-49(53)50-33-31-47(39-56(50)61)62(45-21-9-3-10-22-45)48-32-34-52-51-26-14-16-28-57(51)63(58(52)40-48)46-23-11-4-12-24-46/h1-40H. The summed E-state index contributed by atoms with van der Waals surface area (Å²) >= 11 is 0. The molecule has 64 heavy (non-hydrogen) atoms. The maximum Gasteiger partial charge on any atom is 0.132 e. The van der Waals surface area contributed by atoms with E-state index >= 15 is 0 Å². The van der Waals surface area contributed by atoms with Crippen LogP contribution in [0.2, 0.25) is 0 Å². The molecule has 0 amide bonds. The van der Waals surface area contributed by atoms with Gasteiger partial charge in [0.15, 0.2) is 0 Å². The van der Waals surface area contributed by atoms with Gasteiger partial charge in [-0.05, 0) is 111 Å². The fraction of sp³-hybridized carbons (Fsp3) is 0.0164. The first-order valence-electron chi connectivity index (χ1n) is 22.0. The molecular formula is C61H40N2O. The van der Waals surface area contributed by atoms with Crippen molar-refractivity contribution in [2.45, 2.75) is 5.41 Å². The van der Waals surface area contributed by atoms with Gasteiger partial charge in [-0.25, -0.2) is 0 Å². The molecule has 2 heterocycles. The van der Waals surface area contributed by atoms with Gasteiger partial charge in [0.1, 0.15) is 11.5 Å². The molecule has 1 aliphatic carbocycles. The molecular weight excluding hydrogens is 777 g/mol. The molecule has 0 bridgehead atoms. The average Bonchev–Trinajstić information content (AvgIpc) is 3.85. The highest BCUT2D eigenvalue weighted by molar-refractivity contribution is 6.10. The summed E-state index contributed by atoms with van der Waals surface area (Å²) in [5, 5.41) is 2.46. The molecule has 3 heteroatoms. The third-order valence-electron chi connectivity index (χ3n) is 13.4. The molecule has 0 saturated carbocycles. The van der Waals surface area contributed by atoms with Gasteiger partial charge in [0.05, 0.1) is 16.4 Å². The van der Waals surface area contributed by atoms with Crippen LogP contribution in [0.1, 0.15) is 22.3 Å². The van der Waals surface area contributed by atoms with E-state index in [9.17, 15) is 0 Å². The number of anilines is 3. The molecule has 0 N–H and O–H groups in total. The van der Waals surface area contributed by atoms with Gasteiger partial charge in [-0.1, -0.05) is 176 Å². The molecule has 0 saturated heterocycles. The molecule has 0 fully saturated rings. The summed E-state index contributed by atoms with van der Waals surface area (Å²) in [5.41, 5.74) is 17.8. The Morgan fingerprint density at radius 2 is 0.859 bits per heavy atom. The van der Waals surface area contributed by atoms with Crippen LogP contribution in [0, 0.1) is 0 Å². The highest BCUT2D eigenvalue weighted by Crippen LogP contribution is 2.63. The minimum Gasteiger partial charge on any atom is -0.457 e. The third-order valence-corrected chi connectivity index (χ3v) is 13.4. The number of aromatic nitrogens is 1. The summed E-state index contributed by atoms with van der Waals surface area (Å²) in [5.74, 6) is 1.73. The van der Waals surface area contributed by atoms with Crippen LogP contribution in [0.4, 0.5) is 17.1 Å². The van der Waals surface area contributed by atoms with Crippen LogP contribution in [-0.4, -0.2) is 4.57 Å². The Morgan fingerprint density at radius 3 is 1.55 bits per heavy atom. The smallest absolute Gasteiger partial charge is 0.132 e. The normalized spacial score (nSPS) is 12.9. The Labute approximate surface area is 372 Å². The molecule has 2 aliphatic rings. The van der Waals surface area contributed by atoms with Crippen molar-refractivity contribution >= 4 is 38.9 Å². The first-order chi connectivity index (χ1) is 31.7. The zero-order valence-electron chi connectivity index (χ0n) is 34.9. The fourth-order valence-corrected chi connectivity index (χ4v) is 10.7. The average molecular weight is 817 g/mol. The molecule has 13 rings (SSSR count). The van der Waals surface area contributed by atoms with Gasteiger partial charge < -0.3 is 14.2 Å². The van der Waals surface area contributed by atoms with Crippen LogP contribution < -0.4 is 9.64 Å². The molecule has 300 valence electrons. The van der Waals surface area contributed by atoms with E-state index in [0.717, 1.165) is 73.1 Å². The summed E-state index contributed by atoms with van der Waals surface area (Å²) in [6.45, 7) is 0. The Bertz CT molecular complexity index is 3490. The second-order valence-corrected chi connectivity index (χ2v) is 16.8. The first kappa shape index (κ1) is 36.3. The lowest BCUT2D eigenvalue weighted by Crippen LogP contribution is -2.32. The van der Waals surface area contributed by atoms with E-state index < -0.39 is 5.41 Å². The van der Waals surface area contributed by atoms with Crippen molar-refractivity contribution in [3.05, 3.63) is 265 Å². The van der Waals surface area contributed by atoms with E-state index in [0.29, 0.717) is 0 Å². The van der Waals surface area contributed by atoms with Gasteiger partial charge in [0, 0.05) is 44.6 Å². The van der Waals surface area contributed by atoms with E-state index in [1.54, 1.807) is 0 Å². The van der Waals surface area contributed by atoms with Gasteiger partial charge in [-0.2, -0.15) is 0 Å². The Balaban J connectivity index is 1.07. The number of hydrogen-bond donors (Lipinski definition) is 0. The molecule has 1 aliphatic heterocycles. The van der Waals surface area contributed by atoms with E-state index in [4.69, 9.17) is 4.74 Å². The van der Waals surface area contributed by atoms with Crippen LogP contribution in [-0.2, 0) is 5.41 Å². The third kappa shape index (κ3) is 5.41. The Morgan fingerprint density at radius 1 is 0.328 bits per heavy atom. The molecule has 0 unspecified atom stereocenters. The van der Waals surface area contributed by atoms with Crippen LogP contribution in [0.3, 0.4) is 0 Å². The van der Waals surface area contributed by atoms with Gasteiger partial charge >= 0.3 is 0 Å². The molecule has 1 spiro atoms. The van der Waals surface area contributed by atoms with Gasteiger partial charge in [-0.15, -0.1) is 0 Å². The van der Waals surface area contributed by atoms with Crippen molar-refractivity contribution in [1.29, 1.82) is 0 Å². The minimum absolute atomic E-state index is 0.665. The zero-order chi connectivity index (χ0) is 42.2. The zero-order valence-corrected chi connectivity index (χ0v) is 34.9. The SMILES string of the molecule is c1ccc(-c2ccc3c(c2)Oc2cc(-c4ccccc4)ccc2C32c3ccccc3-c3ccc(N(c4ccccc4)c4ccc5c6ccccc6n(-c6ccccc6)c5c4)cc32)cc1. The van der Waals surface area contributed by atoms with E-state index in [1.807, 2.05) is 0 Å². The number of rotatable bonds is 6. The Kier molecular flexibility index (Phi) is 8.13. The lowest BCUT2D eigenvalue weighted by atomic mass is 9.65. The lowest BCUT2D eigenvalue weighted by molar-refractivity contribution is 0.437. The molecule has 11 aromatic rings. The molecule has 10 aromatic carbocycles. The van der Waals surface area contributed by atoms with Gasteiger partial charge in [-0.3, -0.25) is 0 Å². The number of para-hydroxylation sites is 3. The van der Waals surface area contributed by atoms with Crippen LogP contribution >= 0.6 is 0 Å². The van der Waals surface area contributed by atoms with Crippen molar-refractivity contribution in [1.82, 2.24) is 4.57 Å². The fourth-order valence-electron chi connectivity index (χ4n) is 10.7. The second-order valence-electron chi connectivity index (χ2n) is 16.8. The highest BCUT2D eigenvalue weighted by Gasteiger charge is 2.51. The summed E-state index contributed by atoms with van der Waals surface area (Å²) in [6, 6.07) is 88.1. The summed E-state index contributed by atoms with van der Waals surface area (Å²) in [7, 11) is 0. The summed E-state index contributed by atoms with van der Waals surface area (Å²) in [6.07, 6.45) is 0. The predicted molar refractivity (Wildman–Crippen MR) is 264 cm³/mol. The minimum atomic E-state index is -0.665. The maximum absolute atomic E-state index is 7.14. The number of hydrogen-bond acceptors (Lipinski definition) is 2. The number of benzene rings is 10. The maximum atomic E-state index is 7.14. The predicted octanol–water partition coefficient (Wildman–Crippen LogP) is 16.1. The largest absolute Gasteiger partial charge is 0.457 e. The van der Waals surface area contributed by atoms with Crippen molar-refractivity contribution in [2.24, 2.45) is 0 Å². The summed E-state index contributed by atoms with van der Waals surface area (Å²) < 4.78 is 9.53.